The van der Waals surface area contributed by atoms with Gasteiger partial charge in [0.25, 0.3) is 0 Å². The smallest absolute Gasteiger partial charge is 0.243 e. The molecule has 1 N–H and O–H groups in total. The van der Waals surface area contributed by atoms with E-state index in [1.807, 2.05) is 93.6 Å². The number of halogens is 1. The van der Waals surface area contributed by atoms with Crippen LogP contribution in [-0.2, 0) is 29.0 Å². The summed E-state index contributed by atoms with van der Waals surface area (Å²) in [5.41, 5.74) is 3.86. The van der Waals surface area contributed by atoms with Crippen LogP contribution in [0, 0.1) is 6.92 Å². The summed E-state index contributed by atoms with van der Waals surface area (Å²) in [6, 6.07) is 24.6. The van der Waals surface area contributed by atoms with E-state index in [2.05, 4.69) is 5.32 Å². The molecule has 0 aliphatic heterocycles. The van der Waals surface area contributed by atoms with Crippen LogP contribution in [0.2, 0.25) is 5.02 Å². The lowest BCUT2D eigenvalue weighted by Gasteiger charge is -2.33. The van der Waals surface area contributed by atoms with Gasteiger partial charge >= 0.3 is 0 Å². The van der Waals surface area contributed by atoms with E-state index in [-0.39, 0.29) is 24.3 Å². The van der Waals surface area contributed by atoms with Crippen molar-refractivity contribution in [2.75, 3.05) is 0 Å². The minimum atomic E-state index is -0.647. The van der Waals surface area contributed by atoms with Gasteiger partial charge in [-0.2, -0.15) is 0 Å². The van der Waals surface area contributed by atoms with Crippen LogP contribution in [0.5, 0.6) is 0 Å². The van der Waals surface area contributed by atoms with Crippen molar-refractivity contribution in [3.05, 3.63) is 106 Å². The molecule has 0 fully saturated rings. The molecule has 0 saturated carbocycles. The van der Waals surface area contributed by atoms with Gasteiger partial charge < -0.3 is 10.2 Å². The molecular weight excluding hydrogens is 444 g/mol. The van der Waals surface area contributed by atoms with Gasteiger partial charge in [0.1, 0.15) is 6.04 Å². The van der Waals surface area contributed by atoms with Crippen LogP contribution in [0.1, 0.15) is 42.5 Å². The molecule has 0 heterocycles. The van der Waals surface area contributed by atoms with Crippen LogP contribution in [0.4, 0.5) is 0 Å². The van der Waals surface area contributed by atoms with Crippen molar-refractivity contribution in [2.24, 2.45) is 0 Å². The van der Waals surface area contributed by atoms with Crippen molar-refractivity contribution in [1.29, 1.82) is 0 Å². The molecule has 34 heavy (non-hydrogen) atoms. The summed E-state index contributed by atoms with van der Waals surface area (Å²) in [6.45, 7) is 6.39. The molecule has 0 spiro atoms. The summed E-state index contributed by atoms with van der Waals surface area (Å²) in [5, 5.41) is 3.65. The van der Waals surface area contributed by atoms with E-state index in [1.165, 1.54) is 0 Å². The van der Waals surface area contributed by atoms with Crippen LogP contribution in [0.3, 0.4) is 0 Å². The Hall–Kier alpha value is -3.11. The van der Waals surface area contributed by atoms with Crippen LogP contribution in [0.25, 0.3) is 0 Å². The summed E-state index contributed by atoms with van der Waals surface area (Å²) in [5.74, 6) is -0.268. The van der Waals surface area contributed by atoms with Gasteiger partial charge in [-0.3, -0.25) is 9.59 Å². The standard InChI is InChI=1S/C29H33ClN2O2/c1-4-22(3)31-29(34)27(18-23-13-6-5-7-14-23)32(20-25-16-9-8-12-21(25)2)28(33)19-24-15-10-11-17-26(24)30/h5-17,22,27H,4,18-20H2,1-3H3,(H,31,34)/t22-,27+/m1/s1. The molecule has 0 aromatic heterocycles. The van der Waals surface area contributed by atoms with E-state index in [1.54, 1.807) is 11.0 Å². The maximum atomic E-state index is 13.8. The number of amides is 2. The molecule has 0 radical (unpaired) electrons. The van der Waals surface area contributed by atoms with Gasteiger partial charge in [-0.25, -0.2) is 0 Å². The Labute approximate surface area is 207 Å². The van der Waals surface area contributed by atoms with Crippen molar-refractivity contribution in [2.45, 2.75) is 58.7 Å². The van der Waals surface area contributed by atoms with E-state index in [9.17, 15) is 9.59 Å². The zero-order valence-corrected chi connectivity index (χ0v) is 20.9. The van der Waals surface area contributed by atoms with Crippen molar-refractivity contribution in [3.8, 4) is 0 Å². The Balaban J connectivity index is 2.00. The van der Waals surface area contributed by atoms with E-state index in [0.717, 1.165) is 28.7 Å². The predicted octanol–water partition coefficient (Wildman–Crippen LogP) is 5.75. The number of hydrogen-bond acceptors (Lipinski definition) is 2. The fraction of sp³-hybridized carbons (Fsp3) is 0.310. The van der Waals surface area contributed by atoms with Crippen molar-refractivity contribution in [3.63, 3.8) is 0 Å². The third kappa shape index (κ3) is 6.94. The normalized spacial score (nSPS) is 12.6. The lowest BCUT2D eigenvalue weighted by atomic mass is 10.00. The lowest BCUT2D eigenvalue weighted by Crippen LogP contribution is -2.52. The summed E-state index contributed by atoms with van der Waals surface area (Å²) in [4.78, 5) is 29.0. The quantitative estimate of drug-likeness (QED) is 0.405. The average molecular weight is 477 g/mol. The summed E-state index contributed by atoms with van der Waals surface area (Å²) in [7, 11) is 0. The highest BCUT2D eigenvalue weighted by atomic mass is 35.5. The highest BCUT2D eigenvalue weighted by Gasteiger charge is 2.31. The highest BCUT2D eigenvalue weighted by molar-refractivity contribution is 6.31. The zero-order chi connectivity index (χ0) is 24.5. The van der Waals surface area contributed by atoms with Gasteiger partial charge in [0, 0.05) is 24.0 Å². The number of rotatable bonds is 10. The zero-order valence-electron chi connectivity index (χ0n) is 20.1. The third-order valence-electron chi connectivity index (χ3n) is 6.17. The number of aryl methyl sites for hydroxylation is 1. The first-order valence-electron chi connectivity index (χ1n) is 11.8. The number of nitrogens with zero attached hydrogens (tertiary/aromatic N) is 1. The van der Waals surface area contributed by atoms with E-state index in [0.29, 0.717) is 18.0 Å². The molecule has 2 amide bonds. The molecule has 0 saturated heterocycles. The maximum absolute atomic E-state index is 13.8. The molecule has 4 nitrogen and oxygen atoms in total. The SMILES string of the molecule is CC[C@@H](C)NC(=O)[C@H](Cc1ccccc1)N(Cc1ccccc1C)C(=O)Cc1ccccc1Cl. The molecule has 5 heteroatoms. The molecular formula is C29H33ClN2O2. The number of benzene rings is 3. The van der Waals surface area contributed by atoms with Crippen LogP contribution in [-0.4, -0.2) is 28.8 Å². The van der Waals surface area contributed by atoms with Gasteiger partial charge in [0.05, 0.1) is 6.42 Å². The Kier molecular flexibility index (Phi) is 9.29. The molecule has 0 aliphatic rings. The summed E-state index contributed by atoms with van der Waals surface area (Å²) in [6.07, 6.45) is 1.38. The Bertz CT molecular complexity index is 1100. The number of nitrogens with one attached hydrogen (secondary N) is 1. The van der Waals surface area contributed by atoms with E-state index in [4.69, 9.17) is 11.6 Å². The van der Waals surface area contributed by atoms with Crippen LogP contribution >= 0.6 is 11.6 Å². The van der Waals surface area contributed by atoms with Gasteiger partial charge in [-0.05, 0) is 48.6 Å². The monoisotopic (exact) mass is 476 g/mol. The molecule has 0 aliphatic carbocycles. The molecule has 3 rings (SSSR count). The van der Waals surface area contributed by atoms with Gasteiger partial charge in [0.2, 0.25) is 11.8 Å². The fourth-order valence-electron chi connectivity index (χ4n) is 3.87. The Morgan fingerprint density at radius 2 is 1.53 bits per heavy atom. The summed E-state index contributed by atoms with van der Waals surface area (Å²) < 4.78 is 0. The maximum Gasteiger partial charge on any atom is 0.243 e. The number of carbonyl (C=O) groups is 2. The van der Waals surface area contributed by atoms with Crippen LogP contribution in [0.15, 0.2) is 78.9 Å². The average Bonchev–Trinajstić information content (AvgIpc) is 2.84. The Morgan fingerprint density at radius 3 is 2.18 bits per heavy atom. The van der Waals surface area contributed by atoms with Crippen LogP contribution < -0.4 is 5.32 Å². The second kappa shape index (κ2) is 12.4. The first kappa shape index (κ1) is 25.5. The second-order valence-electron chi connectivity index (χ2n) is 8.74. The molecule has 0 bridgehead atoms. The van der Waals surface area contributed by atoms with Crippen molar-refractivity contribution >= 4 is 23.4 Å². The molecule has 178 valence electrons. The highest BCUT2D eigenvalue weighted by Crippen LogP contribution is 2.21. The topological polar surface area (TPSA) is 49.4 Å². The minimum Gasteiger partial charge on any atom is -0.352 e. The van der Waals surface area contributed by atoms with E-state index >= 15 is 0 Å². The Morgan fingerprint density at radius 1 is 0.912 bits per heavy atom. The summed E-state index contributed by atoms with van der Waals surface area (Å²) >= 11 is 6.37. The predicted molar refractivity (Wildman–Crippen MR) is 139 cm³/mol. The van der Waals surface area contributed by atoms with Gasteiger partial charge in [-0.1, -0.05) is 91.3 Å². The fourth-order valence-corrected chi connectivity index (χ4v) is 4.07. The van der Waals surface area contributed by atoms with Gasteiger partial charge in [-0.15, -0.1) is 0 Å². The first-order valence-corrected chi connectivity index (χ1v) is 12.2. The lowest BCUT2D eigenvalue weighted by molar-refractivity contribution is -0.141. The van der Waals surface area contributed by atoms with E-state index < -0.39 is 6.04 Å². The van der Waals surface area contributed by atoms with Crippen molar-refractivity contribution in [1.82, 2.24) is 10.2 Å². The second-order valence-corrected chi connectivity index (χ2v) is 9.15. The molecule has 0 unspecified atom stereocenters. The van der Waals surface area contributed by atoms with Crippen molar-refractivity contribution < 1.29 is 9.59 Å². The molecule has 3 aromatic carbocycles. The third-order valence-corrected chi connectivity index (χ3v) is 6.54. The first-order chi connectivity index (χ1) is 16.4. The number of carbonyl (C=O) groups excluding carboxylic acids is 2. The largest absolute Gasteiger partial charge is 0.352 e. The molecule has 3 aromatic rings. The minimum absolute atomic E-state index is 0.0183. The number of hydrogen-bond donors (Lipinski definition) is 1. The molecule has 2 atom stereocenters. The van der Waals surface area contributed by atoms with Gasteiger partial charge in [0.15, 0.2) is 0 Å².